The summed E-state index contributed by atoms with van der Waals surface area (Å²) in [6.07, 6.45) is -0.227. The molecule has 9 heteroatoms. The van der Waals surface area contributed by atoms with Crippen molar-refractivity contribution in [1.29, 1.82) is 0 Å². The minimum atomic E-state index is -1.17. The monoisotopic (exact) mass is 443 g/mol. The third-order valence-electron chi connectivity index (χ3n) is 4.91. The van der Waals surface area contributed by atoms with Gasteiger partial charge < -0.3 is 4.74 Å². The minimum Gasteiger partial charge on any atom is -0.495 e. The topological polar surface area (TPSA) is 96.0 Å². The molecule has 1 unspecified atom stereocenters. The summed E-state index contributed by atoms with van der Waals surface area (Å²) in [4.78, 5) is 52.2. The molecule has 3 rings (SSSR count). The van der Waals surface area contributed by atoms with E-state index in [0.717, 1.165) is 15.5 Å². The largest absolute Gasteiger partial charge is 0.495 e. The molecule has 1 aliphatic rings. The van der Waals surface area contributed by atoms with Gasteiger partial charge in [0.25, 0.3) is 11.8 Å². The molecule has 1 fully saturated rings. The van der Waals surface area contributed by atoms with Crippen LogP contribution < -0.4 is 15.1 Å². The van der Waals surface area contributed by atoms with Crippen LogP contribution in [0.1, 0.15) is 35.7 Å². The highest BCUT2D eigenvalue weighted by Gasteiger charge is 2.45. The van der Waals surface area contributed by atoms with Gasteiger partial charge in [0.15, 0.2) is 0 Å². The quantitative estimate of drug-likeness (QED) is 0.566. The number of nitrogens with zero attached hydrogens (tertiary/aromatic N) is 2. The van der Waals surface area contributed by atoms with Crippen LogP contribution in [0.4, 0.5) is 5.69 Å². The number of hydrazine groups is 1. The SMILES string of the molecule is CCC(=O)N(NC(=O)c1ccc(Cl)cc1)C1CC(=O)N(c2cc(C)ccc2OC)C1=O. The lowest BCUT2D eigenvalue weighted by Crippen LogP contribution is -2.54. The molecule has 31 heavy (non-hydrogen) atoms. The van der Waals surface area contributed by atoms with E-state index in [2.05, 4.69) is 5.43 Å². The van der Waals surface area contributed by atoms with Gasteiger partial charge in [-0.15, -0.1) is 0 Å². The first kappa shape index (κ1) is 22.3. The van der Waals surface area contributed by atoms with Crippen molar-refractivity contribution in [3.63, 3.8) is 0 Å². The number of hydrogen-bond acceptors (Lipinski definition) is 5. The minimum absolute atomic E-state index is 0.0344. The van der Waals surface area contributed by atoms with Gasteiger partial charge in [0, 0.05) is 17.0 Å². The van der Waals surface area contributed by atoms with Crippen molar-refractivity contribution in [1.82, 2.24) is 10.4 Å². The van der Waals surface area contributed by atoms with E-state index in [1.165, 1.54) is 19.2 Å². The Morgan fingerprint density at radius 3 is 2.48 bits per heavy atom. The summed E-state index contributed by atoms with van der Waals surface area (Å²) in [6, 6.07) is 10.0. The molecule has 8 nitrogen and oxygen atoms in total. The Kier molecular flexibility index (Phi) is 6.60. The number of carbonyl (C=O) groups is 4. The molecule has 2 aromatic carbocycles. The predicted molar refractivity (Wildman–Crippen MR) is 115 cm³/mol. The highest BCUT2D eigenvalue weighted by atomic mass is 35.5. The summed E-state index contributed by atoms with van der Waals surface area (Å²) in [5.74, 6) is -1.84. The highest BCUT2D eigenvalue weighted by molar-refractivity contribution is 6.30. The van der Waals surface area contributed by atoms with E-state index in [-0.39, 0.29) is 18.4 Å². The first-order chi connectivity index (χ1) is 14.8. The lowest BCUT2D eigenvalue weighted by molar-refractivity contribution is -0.140. The molecule has 4 amide bonds. The molecule has 0 spiro atoms. The fraction of sp³-hybridized carbons (Fsp3) is 0.273. The summed E-state index contributed by atoms with van der Waals surface area (Å²) in [6.45, 7) is 3.43. The molecule has 0 saturated carbocycles. The van der Waals surface area contributed by atoms with Gasteiger partial charge in [-0.3, -0.25) is 24.6 Å². The number of anilines is 1. The summed E-state index contributed by atoms with van der Waals surface area (Å²) in [7, 11) is 1.44. The smallest absolute Gasteiger partial charge is 0.269 e. The molecular weight excluding hydrogens is 422 g/mol. The van der Waals surface area contributed by atoms with Crippen LogP contribution in [0.2, 0.25) is 5.02 Å². The predicted octanol–water partition coefficient (Wildman–Crippen LogP) is 2.87. The van der Waals surface area contributed by atoms with Gasteiger partial charge in [-0.25, -0.2) is 9.91 Å². The van der Waals surface area contributed by atoms with E-state index in [4.69, 9.17) is 16.3 Å². The second-order valence-corrected chi connectivity index (χ2v) is 7.46. The van der Waals surface area contributed by atoms with Crippen LogP contribution in [0.3, 0.4) is 0 Å². The van der Waals surface area contributed by atoms with E-state index >= 15 is 0 Å². The molecular formula is C22H22ClN3O5. The summed E-state index contributed by atoms with van der Waals surface area (Å²) < 4.78 is 5.30. The van der Waals surface area contributed by atoms with Crippen LogP contribution >= 0.6 is 11.6 Å². The van der Waals surface area contributed by atoms with Crippen molar-refractivity contribution in [2.75, 3.05) is 12.0 Å². The zero-order chi connectivity index (χ0) is 22.7. The van der Waals surface area contributed by atoms with E-state index in [0.29, 0.717) is 16.5 Å². The number of amides is 4. The highest BCUT2D eigenvalue weighted by Crippen LogP contribution is 2.34. The normalized spacial score (nSPS) is 15.7. The molecule has 162 valence electrons. The molecule has 0 aliphatic carbocycles. The first-order valence-electron chi connectivity index (χ1n) is 9.66. The summed E-state index contributed by atoms with van der Waals surface area (Å²) in [5, 5.41) is 1.40. The van der Waals surface area contributed by atoms with Crippen LogP contribution in [0, 0.1) is 6.92 Å². The van der Waals surface area contributed by atoms with Crippen molar-refractivity contribution in [2.24, 2.45) is 0 Å². The van der Waals surface area contributed by atoms with Crippen molar-refractivity contribution in [2.45, 2.75) is 32.7 Å². The van der Waals surface area contributed by atoms with Crippen LogP contribution in [0.25, 0.3) is 0 Å². The molecule has 0 radical (unpaired) electrons. The Hall–Kier alpha value is -3.39. The molecule has 1 aliphatic heterocycles. The zero-order valence-electron chi connectivity index (χ0n) is 17.3. The van der Waals surface area contributed by atoms with Crippen molar-refractivity contribution < 1.29 is 23.9 Å². The van der Waals surface area contributed by atoms with E-state index < -0.39 is 29.7 Å². The Morgan fingerprint density at radius 1 is 1.19 bits per heavy atom. The average Bonchev–Trinajstić information content (AvgIpc) is 3.05. The van der Waals surface area contributed by atoms with Gasteiger partial charge in [-0.05, 0) is 48.9 Å². The summed E-state index contributed by atoms with van der Waals surface area (Å²) >= 11 is 5.85. The van der Waals surface area contributed by atoms with Gasteiger partial charge in [-0.1, -0.05) is 24.6 Å². The summed E-state index contributed by atoms with van der Waals surface area (Å²) in [5.41, 5.74) is 3.87. The first-order valence-corrected chi connectivity index (χ1v) is 10.0. The molecule has 1 heterocycles. The second-order valence-electron chi connectivity index (χ2n) is 7.03. The number of methoxy groups -OCH3 is 1. The van der Waals surface area contributed by atoms with Gasteiger partial charge in [0.05, 0.1) is 19.2 Å². The molecule has 1 saturated heterocycles. The maximum Gasteiger partial charge on any atom is 0.269 e. The molecule has 1 N–H and O–H groups in total. The Morgan fingerprint density at radius 2 is 1.87 bits per heavy atom. The average molecular weight is 444 g/mol. The number of carbonyl (C=O) groups excluding carboxylic acids is 4. The lowest BCUT2D eigenvalue weighted by Gasteiger charge is -2.27. The second kappa shape index (κ2) is 9.18. The lowest BCUT2D eigenvalue weighted by atomic mass is 10.2. The van der Waals surface area contributed by atoms with Gasteiger partial charge >= 0.3 is 0 Å². The molecule has 0 bridgehead atoms. The van der Waals surface area contributed by atoms with Crippen molar-refractivity contribution in [3.8, 4) is 5.75 Å². The van der Waals surface area contributed by atoms with Crippen LogP contribution in [-0.2, 0) is 14.4 Å². The number of benzene rings is 2. The van der Waals surface area contributed by atoms with E-state index in [1.54, 1.807) is 37.3 Å². The van der Waals surface area contributed by atoms with Gasteiger partial charge in [0.2, 0.25) is 11.8 Å². The van der Waals surface area contributed by atoms with E-state index in [1.807, 2.05) is 6.92 Å². The number of aryl methyl sites for hydroxylation is 1. The van der Waals surface area contributed by atoms with Crippen molar-refractivity contribution >= 4 is 40.9 Å². The Labute approximate surface area is 184 Å². The third-order valence-corrected chi connectivity index (χ3v) is 5.16. The number of rotatable bonds is 5. The standard InChI is InChI=1S/C22H22ClN3O5/c1-4-19(27)26(24-21(29)14-6-8-15(23)9-7-14)17-12-20(28)25(22(17)30)16-11-13(2)5-10-18(16)31-3/h5-11,17H,4,12H2,1-3H3,(H,24,29). The number of nitrogens with one attached hydrogen (secondary N) is 1. The maximum atomic E-state index is 13.2. The number of ether oxygens (including phenoxy) is 1. The molecule has 0 aromatic heterocycles. The van der Waals surface area contributed by atoms with Crippen LogP contribution in [0.5, 0.6) is 5.75 Å². The number of halogens is 1. The van der Waals surface area contributed by atoms with Crippen LogP contribution in [0.15, 0.2) is 42.5 Å². The number of imide groups is 1. The third kappa shape index (κ3) is 4.54. The van der Waals surface area contributed by atoms with Crippen LogP contribution in [-0.4, -0.2) is 41.8 Å². The van der Waals surface area contributed by atoms with Gasteiger partial charge in [0.1, 0.15) is 11.8 Å². The fourth-order valence-electron chi connectivity index (χ4n) is 3.31. The number of hydrogen-bond donors (Lipinski definition) is 1. The van der Waals surface area contributed by atoms with Gasteiger partial charge in [-0.2, -0.15) is 0 Å². The van der Waals surface area contributed by atoms with E-state index in [9.17, 15) is 19.2 Å². The van der Waals surface area contributed by atoms with Crippen molar-refractivity contribution in [3.05, 3.63) is 58.6 Å². The molecule has 1 atom stereocenters. The Balaban J connectivity index is 1.91. The molecule has 2 aromatic rings. The zero-order valence-corrected chi connectivity index (χ0v) is 18.1. The Bertz CT molecular complexity index is 1040. The maximum absolute atomic E-state index is 13.2. The fourth-order valence-corrected chi connectivity index (χ4v) is 3.43.